The van der Waals surface area contributed by atoms with Crippen LogP contribution in [0.1, 0.15) is 44.2 Å². The van der Waals surface area contributed by atoms with Gasteiger partial charge in [-0.1, -0.05) is 25.0 Å². The van der Waals surface area contributed by atoms with Gasteiger partial charge in [0.15, 0.2) is 0 Å². The lowest BCUT2D eigenvalue weighted by atomic mass is 10.1. The Morgan fingerprint density at radius 3 is 2.59 bits per heavy atom. The van der Waals surface area contributed by atoms with E-state index in [4.69, 9.17) is 0 Å². The van der Waals surface area contributed by atoms with Crippen molar-refractivity contribution in [1.82, 2.24) is 5.32 Å². The van der Waals surface area contributed by atoms with Crippen LogP contribution >= 0.6 is 11.8 Å². The van der Waals surface area contributed by atoms with Crippen molar-refractivity contribution in [2.45, 2.75) is 43.5 Å². The zero-order valence-corrected chi connectivity index (χ0v) is 11.7. The van der Waals surface area contributed by atoms with E-state index in [-0.39, 0.29) is 0 Å². The lowest BCUT2D eigenvalue weighted by molar-refractivity contribution is 0.533. The smallest absolute Gasteiger partial charge is 0.0291 e. The molecule has 1 aliphatic rings. The van der Waals surface area contributed by atoms with Crippen molar-refractivity contribution in [2.24, 2.45) is 5.92 Å². The minimum absolute atomic E-state index is 0.477. The molecule has 0 heterocycles. The maximum absolute atomic E-state index is 3.61. The van der Waals surface area contributed by atoms with Crippen molar-refractivity contribution in [1.29, 1.82) is 0 Å². The monoisotopic (exact) mass is 249 g/mol. The summed E-state index contributed by atoms with van der Waals surface area (Å²) in [5.74, 6) is 1.06. The van der Waals surface area contributed by atoms with Gasteiger partial charge in [0.05, 0.1) is 0 Å². The van der Waals surface area contributed by atoms with Crippen molar-refractivity contribution in [3.63, 3.8) is 0 Å². The molecule has 2 heteroatoms. The summed E-state index contributed by atoms with van der Waals surface area (Å²) in [6, 6.07) is 9.38. The van der Waals surface area contributed by atoms with Crippen LogP contribution in [-0.4, -0.2) is 12.8 Å². The summed E-state index contributed by atoms with van der Waals surface area (Å²) in [4.78, 5) is 1.34. The van der Waals surface area contributed by atoms with Gasteiger partial charge in [0.1, 0.15) is 0 Å². The van der Waals surface area contributed by atoms with Gasteiger partial charge in [0.25, 0.3) is 0 Å². The van der Waals surface area contributed by atoms with Gasteiger partial charge in [-0.3, -0.25) is 0 Å². The molecule has 1 saturated carbocycles. The molecule has 0 aliphatic heterocycles. The zero-order valence-electron chi connectivity index (χ0n) is 10.9. The molecule has 0 amide bonds. The van der Waals surface area contributed by atoms with Gasteiger partial charge < -0.3 is 5.32 Å². The van der Waals surface area contributed by atoms with Crippen LogP contribution in [0.4, 0.5) is 0 Å². The van der Waals surface area contributed by atoms with Crippen molar-refractivity contribution in [3.8, 4) is 0 Å². The van der Waals surface area contributed by atoms with Crippen LogP contribution in [0.2, 0.25) is 0 Å². The molecular weight excluding hydrogens is 226 g/mol. The number of hydrogen-bond acceptors (Lipinski definition) is 2. The quantitative estimate of drug-likeness (QED) is 0.573. The first-order chi connectivity index (χ1) is 8.29. The molecule has 1 nitrogen and oxygen atoms in total. The molecule has 1 aromatic rings. The Morgan fingerprint density at radius 1 is 1.29 bits per heavy atom. The molecule has 1 fully saturated rings. The second-order valence-electron chi connectivity index (χ2n) is 5.03. The fraction of sp³-hybridized carbons (Fsp3) is 0.600. The van der Waals surface area contributed by atoms with E-state index in [0.29, 0.717) is 6.04 Å². The van der Waals surface area contributed by atoms with Gasteiger partial charge >= 0.3 is 0 Å². The average Bonchev–Trinajstić information content (AvgIpc) is 3.18. The van der Waals surface area contributed by atoms with Crippen LogP contribution in [0.25, 0.3) is 0 Å². The summed E-state index contributed by atoms with van der Waals surface area (Å²) in [7, 11) is 0. The first-order valence-corrected chi connectivity index (χ1v) is 7.89. The van der Waals surface area contributed by atoms with Crippen LogP contribution in [0.15, 0.2) is 29.2 Å². The molecule has 0 bridgehead atoms. The van der Waals surface area contributed by atoms with Crippen molar-refractivity contribution in [3.05, 3.63) is 29.8 Å². The molecule has 1 aromatic carbocycles. The Balaban J connectivity index is 1.71. The van der Waals surface area contributed by atoms with Crippen LogP contribution in [0.5, 0.6) is 0 Å². The molecular formula is C15H23NS. The Labute approximate surface area is 109 Å². The predicted octanol–water partition coefficient (Wildman–Crippen LogP) is 4.25. The van der Waals surface area contributed by atoms with E-state index in [2.05, 4.69) is 42.8 Å². The van der Waals surface area contributed by atoms with Crippen LogP contribution in [0.3, 0.4) is 0 Å². The molecule has 2 rings (SSSR count). The molecule has 1 unspecified atom stereocenters. The molecule has 0 spiro atoms. The Hall–Kier alpha value is -0.470. The van der Waals surface area contributed by atoms with Crippen molar-refractivity contribution in [2.75, 3.05) is 12.8 Å². The summed E-state index contributed by atoms with van der Waals surface area (Å²) in [6.07, 6.45) is 7.83. The molecule has 0 saturated heterocycles. The Morgan fingerprint density at radius 2 is 2.00 bits per heavy atom. The lowest BCUT2D eigenvalue weighted by Crippen LogP contribution is -2.19. The maximum atomic E-state index is 3.61. The van der Waals surface area contributed by atoms with Gasteiger partial charge in [-0.2, -0.15) is 0 Å². The van der Waals surface area contributed by atoms with Crippen molar-refractivity contribution < 1.29 is 0 Å². The highest BCUT2D eigenvalue weighted by Crippen LogP contribution is 2.33. The number of thioether (sulfide) groups is 1. The van der Waals surface area contributed by atoms with E-state index < -0.39 is 0 Å². The first kappa shape index (κ1) is 13.0. The number of benzene rings is 1. The predicted molar refractivity (Wildman–Crippen MR) is 76.6 cm³/mol. The fourth-order valence-corrected chi connectivity index (χ4v) is 2.53. The third kappa shape index (κ3) is 4.36. The SMILES string of the molecule is CSc1ccc(C(C)NCCCC2CC2)cc1. The number of rotatable bonds is 7. The highest BCUT2D eigenvalue weighted by atomic mass is 32.2. The van der Waals surface area contributed by atoms with E-state index in [9.17, 15) is 0 Å². The Kier molecular flexibility index (Phi) is 4.93. The van der Waals surface area contributed by atoms with Gasteiger partial charge in [-0.15, -0.1) is 11.8 Å². The highest BCUT2D eigenvalue weighted by Gasteiger charge is 2.20. The molecule has 1 atom stereocenters. The molecule has 1 aliphatic carbocycles. The van der Waals surface area contributed by atoms with Gasteiger partial charge in [0.2, 0.25) is 0 Å². The summed E-state index contributed by atoms with van der Waals surface area (Å²) >= 11 is 1.80. The molecule has 1 N–H and O–H groups in total. The molecule has 0 radical (unpaired) electrons. The number of hydrogen-bond donors (Lipinski definition) is 1. The molecule has 17 heavy (non-hydrogen) atoms. The second-order valence-corrected chi connectivity index (χ2v) is 5.91. The standard InChI is InChI=1S/C15H23NS/c1-12(16-11-3-4-13-5-6-13)14-7-9-15(17-2)10-8-14/h7-10,12-13,16H,3-6,11H2,1-2H3. The lowest BCUT2D eigenvalue weighted by Gasteiger charge is -2.14. The maximum Gasteiger partial charge on any atom is 0.0291 e. The van der Waals surface area contributed by atoms with Crippen LogP contribution in [0, 0.1) is 5.92 Å². The topological polar surface area (TPSA) is 12.0 Å². The normalized spacial score (nSPS) is 17.1. The molecule has 94 valence electrons. The largest absolute Gasteiger partial charge is 0.310 e. The van der Waals surface area contributed by atoms with Gasteiger partial charge in [-0.05, 0) is 56.2 Å². The van der Waals surface area contributed by atoms with E-state index >= 15 is 0 Å². The fourth-order valence-electron chi connectivity index (χ4n) is 2.13. The van der Waals surface area contributed by atoms with Crippen molar-refractivity contribution >= 4 is 11.8 Å². The van der Waals surface area contributed by atoms with Gasteiger partial charge in [-0.25, -0.2) is 0 Å². The highest BCUT2D eigenvalue weighted by molar-refractivity contribution is 7.98. The average molecular weight is 249 g/mol. The molecule has 0 aromatic heterocycles. The first-order valence-electron chi connectivity index (χ1n) is 6.67. The summed E-state index contributed by atoms with van der Waals surface area (Å²) < 4.78 is 0. The van der Waals surface area contributed by atoms with E-state index in [1.165, 1.54) is 36.1 Å². The van der Waals surface area contributed by atoms with Gasteiger partial charge in [0, 0.05) is 10.9 Å². The van der Waals surface area contributed by atoms with E-state index in [1.54, 1.807) is 11.8 Å². The number of nitrogens with one attached hydrogen (secondary N) is 1. The Bertz CT molecular complexity index is 329. The summed E-state index contributed by atoms with van der Waals surface area (Å²) in [6.45, 7) is 3.41. The zero-order chi connectivity index (χ0) is 12.1. The van der Waals surface area contributed by atoms with E-state index in [0.717, 1.165) is 12.5 Å². The second kappa shape index (κ2) is 6.46. The summed E-state index contributed by atoms with van der Waals surface area (Å²) in [5, 5.41) is 3.61. The third-order valence-corrected chi connectivity index (χ3v) is 4.30. The van der Waals surface area contributed by atoms with Crippen LogP contribution < -0.4 is 5.32 Å². The van der Waals surface area contributed by atoms with E-state index in [1.807, 2.05) is 0 Å². The third-order valence-electron chi connectivity index (χ3n) is 3.55. The van der Waals surface area contributed by atoms with Crippen LogP contribution in [-0.2, 0) is 0 Å². The minimum Gasteiger partial charge on any atom is -0.310 e. The summed E-state index contributed by atoms with van der Waals surface area (Å²) in [5.41, 5.74) is 1.40. The minimum atomic E-state index is 0.477.